The second kappa shape index (κ2) is 13.4. The molecule has 0 saturated carbocycles. The van der Waals surface area contributed by atoms with Gasteiger partial charge in [0.15, 0.2) is 0 Å². The molecule has 0 unspecified atom stereocenters. The number of hydrogen-bond acceptors (Lipinski definition) is 5. The molecule has 6 heteroatoms. The van der Waals surface area contributed by atoms with Crippen LogP contribution in [-0.4, -0.2) is 63.4 Å². The summed E-state index contributed by atoms with van der Waals surface area (Å²) in [5.41, 5.74) is 0. The van der Waals surface area contributed by atoms with Gasteiger partial charge in [-0.05, 0) is 0 Å². The molecule has 1 aliphatic heterocycles. The second-order valence-electron chi connectivity index (χ2n) is 3.75. The van der Waals surface area contributed by atoms with Gasteiger partial charge in [-0.2, -0.15) is 0 Å². The summed E-state index contributed by atoms with van der Waals surface area (Å²) in [5.74, 6) is -0.745. The molecule has 1 fully saturated rings. The van der Waals surface area contributed by atoms with Crippen LogP contribution in [0.3, 0.4) is 0 Å². The lowest BCUT2D eigenvalue weighted by Gasteiger charge is -2.11. The molecular formula is C11H26N4O2. The fourth-order valence-corrected chi connectivity index (χ4v) is 1.21. The summed E-state index contributed by atoms with van der Waals surface area (Å²) < 4.78 is 0. The minimum absolute atomic E-state index is 0.222. The number of carboxylic acids is 1. The van der Waals surface area contributed by atoms with Crippen molar-refractivity contribution in [1.82, 2.24) is 21.3 Å². The fourth-order valence-electron chi connectivity index (χ4n) is 1.21. The van der Waals surface area contributed by atoms with Gasteiger partial charge in [-0.15, -0.1) is 0 Å². The Kier molecular flexibility index (Phi) is 12.8. The predicted molar refractivity (Wildman–Crippen MR) is 69.4 cm³/mol. The van der Waals surface area contributed by atoms with Crippen molar-refractivity contribution >= 4 is 5.97 Å². The Morgan fingerprint density at radius 2 is 1.00 bits per heavy atom. The summed E-state index contributed by atoms with van der Waals surface area (Å²) in [6.07, 6.45) is 0.222. The smallest absolute Gasteiger partial charge is 0.303 e. The minimum Gasteiger partial charge on any atom is -0.481 e. The summed E-state index contributed by atoms with van der Waals surface area (Å²) in [6.45, 7) is 10.2. The molecule has 0 aromatic carbocycles. The second-order valence-corrected chi connectivity index (χ2v) is 3.75. The van der Waals surface area contributed by atoms with Crippen molar-refractivity contribution in [3.63, 3.8) is 0 Å². The van der Waals surface area contributed by atoms with Gasteiger partial charge in [-0.25, -0.2) is 0 Å². The first-order valence-corrected chi connectivity index (χ1v) is 6.32. The van der Waals surface area contributed by atoms with Crippen LogP contribution in [0.5, 0.6) is 0 Å². The third-order valence-corrected chi connectivity index (χ3v) is 2.22. The number of carboxylic acid groups (broad SMARTS) is 1. The topological polar surface area (TPSA) is 85.4 Å². The van der Waals surface area contributed by atoms with Crippen LogP contribution in [0.1, 0.15) is 13.3 Å². The Morgan fingerprint density at radius 3 is 1.12 bits per heavy atom. The summed E-state index contributed by atoms with van der Waals surface area (Å²) in [4.78, 5) is 9.37. The van der Waals surface area contributed by atoms with E-state index in [9.17, 15) is 4.79 Å². The van der Waals surface area contributed by atoms with Crippen LogP contribution in [0, 0.1) is 0 Å². The van der Waals surface area contributed by atoms with Crippen LogP contribution >= 0.6 is 0 Å². The highest BCUT2D eigenvalue weighted by atomic mass is 16.4. The van der Waals surface area contributed by atoms with Crippen LogP contribution in [0.25, 0.3) is 0 Å². The number of aliphatic carboxylic acids is 1. The molecule has 0 amide bonds. The van der Waals surface area contributed by atoms with E-state index in [0.717, 1.165) is 52.4 Å². The zero-order valence-corrected chi connectivity index (χ0v) is 10.7. The van der Waals surface area contributed by atoms with E-state index in [1.54, 1.807) is 6.92 Å². The monoisotopic (exact) mass is 246 g/mol. The van der Waals surface area contributed by atoms with Crippen molar-refractivity contribution < 1.29 is 9.90 Å². The van der Waals surface area contributed by atoms with E-state index in [2.05, 4.69) is 21.3 Å². The van der Waals surface area contributed by atoms with Gasteiger partial charge in [-0.3, -0.25) is 4.79 Å². The molecule has 102 valence electrons. The highest BCUT2D eigenvalue weighted by Crippen LogP contribution is 1.67. The lowest BCUT2D eigenvalue weighted by molar-refractivity contribution is -0.136. The van der Waals surface area contributed by atoms with Crippen molar-refractivity contribution in [3.05, 3.63) is 0 Å². The largest absolute Gasteiger partial charge is 0.481 e. The lowest BCUT2D eigenvalue weighted by Crippen LogP contribution is -2.39. The molecule has 0 aromatic heterocycles. The van der Waals surface area contributed by atoms with Crippen molar-refractivity contribution in [2.75, 3.05) is 52.4 Å². The van der Waals surface area contributed by atoms with Crippen molar-refractivity contribution in [2.24, 2.45) is 0 Å². The normalized spacial score (nSPS) is 19.1. The average molecular weight is 246 g/mol. The van der Waals surface area contributed by atoms with E-state index < -0.39 is 5.97 Å². The predicted octanol–water partition coefficient (Wildman–Crippen LogP) is -1.16. The highest BCUT2D eigenvalue weighted by Gasteiger charge is 1.92. The summed E-state index contributed by atoms with van der Waals surface area (Å²) in [6, 6.07) is 0. The maximum absolute atomic E-state index is 9.37. The molecule has 1 heterocycles. The summed E-state index contributed by atoms with van der Waals surface area (Å²) >= 11 is 0. The molecule has 0 radical (unpaired) electrons. The Morgan fingerprint density at radius 1 is 0.824 bits per heavy atom. The number of carbonyl (C=O) groups is 1. The van der Waals surface area contributed by atoms with Gasteiger partial charge in [0.05, 0.1) is 0 Å². The molecule has 0 aromatic rings. The Labute approximate surface area is 104 Å². The van der Waals surface area contributed by atoms with Crippen LogP contribution in [0.15, 0.2) is 0 Å². The van der Waals surface area contributed by atoms with Crippen LogP contribution < -0.4 is 21.3 Å². The van der Waals surface area contributed by atoms with Gasteiger partial charge in [-0.1, -0.05) is 6.92 Å². The summed E-state index contributed by atoms with van der Waals surface area (Å²) in [7, 11) is 0. The van der Waals surface area contributed by atoms with Crippen LogP contribution in [0.4, 0.5) is 0 Å². The van der Waals surface area contributed by atoms with Crippen LogP contribution in [0.2, 0.25) is 0 Å². The lowest BCUT2D eigenvalue weighted by atomic mass is 10.4. The molecule has 1 saturated heterocycles. The molecule has 17 heavy (non-hydrogen) atoms. The minimum atomic E-state index is -0.745. The van der Waals surface area contributed by atoms with Gasteiger partial charge in [0, 0.05) is 58.8 Å². The number of rotatable bonds is 1. The molecule has 1 aliphatic rings. The molecular weight excluding hydrogens is 220 g/mol. The number of nitrogens with one attached hydrogen (secondary N) is 4. The van der Waals surface area contributed by atoms with E-state index in [0.29, 0.717) is 0 Å². The molecule has 0 atom stereocenters. The third-order valence-electron chi connectivity index (χ3n) is 2.22. The fraction of sp³-hybridized carbons (Fsp3) is 0.909. The Bertz CT molecular complexity index is 136. The number of hydrogen-bond donors (Lipinski definition) is 5. The highest BCUT2D eigenvalue weighted by molar-refractivity contribution is 5.66. The van der Waals surface area contributed by atoms with Gasteiger partial charge >= 0.3 is 5.97 Å². The van der Waals surface area contributed by atoms with Gasteiger partial charge in [0.1, 0.15) is 0 Å². The van der Waals surface area contributed by atoms with Gasteiger partial charge in [0.2, 0.25) is 0 Å². The maximum atomic E-state index is 9.37. The average Bonchev–Trinajstić information content (AvgIpc) is 2.30. The zero-order chi connectivity index (χ0) is 12.8. The van der Waals surface area contributed by atoms with Crippen molar-refractivity contribution in [2.45, 2.75) is 13.3 Å². The van der Waals surface area contributed by atoms with E-state index in [1.807, 2.05) is 0 Å². The van der Waals surface area contributed by atoms with Crippen molar-refractivity contribution in [3.8, 4) is 0 Å². The first-order chi connectivity index (χ1) is 8.27. The summed E-state index contributed by atoms with van der Waals surface area (Å²) in [5, 5.41) is 21.2. The van der Waals surface area contributed by atoms with E-state index in [1.165, 1.54) is 0 Å². The molecule has 6 nitrogen and oxygen atoms in total. The van der Waals surface area contributed by atoms with Gasteiger partial charge in [0.25, 0.3) is 0 Å². The van der Waals surface area contributed by atoms with E-state index in [4.69, 9.17) is 5.11 Å². The molecule has 5 N–H and O–H groups in total. The van der Waals surface area contributed by atoms with E-state index in [-0.39, 0.29) is 6.42 Å². The Balaban J connectivity index is 0.000000437. The SMILES string of the molecule is C1CNCCNCCNCCN1.CCC(=O)O. The first-order valence-electron chi connectivity index (χ1n) is 6.32. The molecule has 1 rings (SSSR count). The van der Waals surface area contributed by atoms with Gasteiger partial charge < -0.3 is 26.4 Å². The quantitative estimate of drug-likeness (QED) is 0.401. The zero-order valence-electron chi connectivity index (χ0n) is 10.7. The first kappa shape index (κ1) is 16.3. The molecule has 0 bridgehead atoms. The maximum Gasteiger partial charge on any atom is 0.303 e. The Hall–Kier alpha value is -0.690. The van der Waals surface area contributed by atoms with E-state index >= 15 is 0 Å². The van der Waals surface area contributed by atoms with Crippen molar-refractivity contribution in [1.29, 1.82) is 0 Å². The van der Waals surface area contributed by atoms with Crippen LogP contribution in [-0.2, 0) is 4.79 Å². The molecule has 0 spiro atoms. The molecule has 0 aliphatic carbocycles. The third kappa shape index (κ3) is 15.3. The standard InChI is InChI=1S/C8H20N4.C3H6O2/c1-2-10-5-6-12-8-7-11-4-3-9-1;1-2-3(4)5/h9-12H,1-8H2;2H2,1H3,(H,4,5).